The first kappa shape index (κ1) is 14.8. The lowest BCUT2D eigenvalue weighted by Gasteiger charge is -2.09. The fourth-order valence-electron chi connectivity index (χ4n) is 1.81. The van der Waals surface area contributed by atoms with Crippen molar-refractivity contribution in [1.29, 1.82) is 0 Å². The summed E-state index contributed by atoms with van der Waals surface area (Å²) in [5.74, 6) is 0.915. The van der Waals surface area contributed by atoms with E-state index < -0.39 is 0 Å². The Kier molecular flexibility index (Phi) is 5.34. The van der Waals surface area contributed by atoms with Crippen LogP contribution in [0.4, 0.5) is 5.69 Å². The fraction of sp³-hybridized carbons (Fsp3) is 0.462. The summed E-state index contributed by atoms with van der Waals surface area (Å²) in [7, 11) is 0. The number of aromatic amines is 1. The summed E-state index contributed by atoms with van der Waals surface area (Å²) in [4.78, 5) is 19.3. The smallest absolute Gasteiger partial charge is 0.283 e. The Balaban J connectivity index is 1.98. The summed E-state index contributed by atoms with van der Waals surface area (Å²) in [6.45, 7) is 3.43. The average Bonchev–Trinajstić information content (AvgIpc) is 2.96. The summed E-state index contributed by atoms with van der Waals surface area (Å²) in [6.07, 6.45) is 7.95. The normalized spacial score (nSPS) is 10.7. The molecule has 0 saturated carbocycles. The number of halogens is 1. The van der Waals surface area contributed by atoms with Gasteiger partial charge in [-0.3, -0.25) is 4.79 Å². The van der Waals surface area contributed by atoms with E-state index in [-0.39, 0.29) is 5.56 Å². The molecule has 2 aromatic rings. The predicted molar refractivity (Wildman–Crippen MR) is 81.9 cm³/mol. The van der Waals surface area contributed by atoms with Crippen LogP contribution in [0.15, 0.2) is 27.9 Å². The largest absolute Gasteiger partial charge is 0.382 e. The Labute approximate surface area is 125 Å². The molecular weight excluding hydrogens is 322 g/mol. The molecule has 0 atom stereocenters. The van der Waals surface area contributed by atoms with Gasteiger partial charge in [0.1, 0.15) is 10.3 Å². The van der Waals surface area contributed by atoms with E-state index in [0.717, 1.165) is 25.1 Å². The van der Waals surface area contributed by atoms with Gasteiger partial charge in [-0.2, -0.15) is 5.10 Å². The van der Waals surface area contributed by atoms with E-state index in [1.54, 1.807) is 18.6 Å². The predicted octanol–water partition coefficient (Wildman–Crippen LogP) is 2.18. The van der Waals surface area contributed by atoms with E-state index in [1.165, 1.54) is 4.68 Å². The van der Waals surface area contributed by atoms with Gasteiger partial charge in [0.15, 0.2) is 0 Å². The Hall–Kier alpha value is -1.63. The van der Waals surface area contributed by atoms with Crippen LogP contribution in [-0.4, -0.2) is 26.3 Å². The molecule has 0 aromatic carbocycles. The van der Waals surface area contributed by atoms with Crippen molar-refractivity contribution in [3.05, 3.63) is 39.2 Å². The molecule has 2 N–H and O–H groups in total. The highest BCUT2D eigenvalue weighted by Gasteiger charge is 2.08. The lowest BCUT2D eigenvalue weighted by Crippen LogP contribution is -2.24. The molecule has 0 saturated heterocycles. The number of unbranched alkanes of at least 4 members (excludes halogenated alkanes) is 1. The van der Waals surface area contributed by atoms with Crippen molar-refractivity contribution in [3.63, 3.8) is 0 Å². The fourth-order valence-corrected chi connectivity index (χ4v) is 2.25. The average molecular weight is 340 g/mol. The second-order valence-corrected chi connectivity index (χ2v) is 5.26. The third kappa shape index (κ3) is 3.69. The zero-order valence-corrected chi connectivity index (χ0v) is 13.0. The molecule has 20 heavy (non-hydrogen) atoms. The third-order valence-electron chi connectivity index (χ3n) is 2.94. The molecule has 7 heteroatoms. The van der Waals surface area contributed by atoms with Crippen LogP contribution in [0.1, 0.15) is 25.6 Å². The minimum atomic E-state index is -0.0959. The molecular formula is C13H18BrN5O. The lowest BCUT2D eigenvalue weighted by molar-refractivity contribution is 0.541. The van der Waals surface area contributed by atoms with Gasteiger partial charge in [0.25, 0.3) is 5.56 Å². The molecule has 0 bridgehead atoms. The summed E-state index contributed by atoms with van der Waals surface area (Å²) < 4.78 is 2.02. The Morgan fingerprint density at radius 1 is 1.50 bits per heavy atom. The second kappa shape index (κ2) is 7.23. The SMILES string of the molecule is CCCCn1ncc(NCCc2ncc[nH]2)c(Br)c1=O. The van der Waals surface area contributed by atoms with Crippen molar-refractivity contribution in [2.24, 2.45) is 0 Å². The van der Waals surface area contributed by atoms with Crippen molar-refractivity contribution >= 4 is 21.6 Å². The van der Waals surface area contributed by atoms with Crippen molar-refractivity contribution in [3.8, 4) is 0 Å². The number of hydrogen-bond acceptors (Lipinski definition) is 4. The van der Waals surface area contributed by atoms with E-state index in [0.29, 0.717) is 23.2 Å². The first-order valence-corrected chi connectivity index (χ1v) is 7.49. The van der Waals surface area contributed by atoms with Gasteiger partial charge in [-0.1, -0.05) is 13.3 Å². The van der Waals surface area contributed by atoms with Crippen LogP contribution >= 0.6 is 15.9 Å². The molecule has 0 aliphatic rings. The molecule has 0 radical (unpaired) electrons. The van der Waals surface area contributed by atoms with Crippen LogP contribution in [0.25, 0.3) is 0 Å². The number of imidazole rings is 1. The van der Waals surface area contributed by atoms with Gasteiger partial charge in [-0.15, -0.1) is 0 Å². The van der Waals surface area contributed by atoms with Crippen LogP contribution < -0.4 is 10.9 Å². The van der Waals surface area contributed by atoms with Crippen LogP contribution in [0.5, 0.6) is 0 Å². The first-order chi connectivity index (χ1) is 9.72. The minimum Gasteiger partial charge on any atom is -0.382 e. The van der Waals surface area contributed by atoms with E-state index in [9.17, 15) is 4.79 Å². The topological polar surface area (TPSA) is 75.6 Å². The van der Waals surface area contributed by atoms with E-state index in [4.69, 9.17) is 0 Å². The number of nitrogens with one attached hydrogen (secondary N) is 2. The first-order valence-electron chi connectivity index (χ1n) is 6.70. The summed E-state index contributed by atoms with van der Waals surface area (Å²) in [5.41, 5.74) is 0.621. The van der Waals surface area contributed by atoms with Crippen molar-refractivity contribution in [2.75, 3.05) is 11.9 Å². The highest BCUT2D eigenvalue weighted by Crippen LogP contribution is 2.16. The van der Waals surface area contributed by atoms with E-state index in [2.05, 4.69) is 43.2 Å². The molecule has 2 aromatic heterocycles. The second-order valence-electron chi connectivity index (χ2n) is 4.47. The van der Waals surface area contributed by atoms with E-state index >= 15 is 0 Å². The van der Waals surface area contributed by atoms with Gasteiger partial charge in [0, 0.05) is 31.9 Å². The standard InChI is InChI=1S/C13H18BrN5O/c1-2-3-8-19-13(20)12(14)10(9-18-19)15-5-4-11-16-6-7-17-11/h6-7,9,15H,2-5,8H2,1H3,(H,16,17). The third-order valence-corrected chi connectivity index (χ3v) is 3.71. The molecule has 0 unspecified atom stereocenters. The molecule has 108 valence electrons. The lowest BCUT2D eigenvalue weighted by atomic mass is 10.3. The summed E-state index contributed by atoms with van der Waals surface area (Å²) >= 11 is 3.34. The zero-order chi connectivity index (χ0) is 14.4. The number of H-pyrrole nitrogens is 1. The maximum atomic E-state index is 12.1. The number of anilines is 1. The highest BCUT2D eigenvalue weighted by atomic mass is 79.9. The molecule has 2 heterocycles. The van der Waals surface area contributed by atoms with Crippen molar-refractivity contribution < 1.29 is 0 Å². The van der Waals surface area contributed by atoms with Crippen LogP contribution in [-0.2, 0) is 13.0 Å². The summed E-state index contributed by atoms with van der Waals surface area (Å²) in [5, 5.41) is 7.37. The van der Waals surface area contributed by atoms with Gasteiger partial charge in [-0.25, -0.2) is 9.67 Å². The maximum absolute atomic E-state index is 12.1. The van der Waals surface area contributed by atoms with Crippen LogP contribution in [0.2, 0.25) is 0 Å². The quantitative estimate of drug-likeness (QED) is 0.810. The Morgan fingerprint density at radius 2 is 2.35 bits per heavy atom. The number of aryl methyl sites for hydroxylation is 1. The van der Waals surface area contributed by atoms with Crippen molar-refractivity contribution in [1.82, 2.24) is 19.7 Å². The molecule has 0 aliphatic heterocycles. The molecule has 6 nitrogen and oxygen atoms in total. The number of aromatic nitrogens is 4. The molecule has 0 aliphatic carbocycles. The molecule has 0 spiro atoms. The summed E-state index contributed by atoms with van der Waals surface area (Å²) in [6, 6.07) is 0. The number of rotatable bonds is 7. The van der Waals surface area contributed by atoms with Gasteiger partial charge < -0.3 is 10.3 Å². The van der Waals surface area contributed by atoms with Gasteiger partial charge in [0.05, 0.1) is 11.9 Å². The zero-order valence-electron chi connectivity index (χ0n) is 11.4. The van der Waals surface area contributed by atoms with Gasteiger partial charge >= 0.3 is 0 Å². The maximum Gasteiger partial charge on any atom is 0.283 e. The van der Waals surface area contributed by atoms with Gasteiger partial charge in [-0.05, 0) is 22.4 Å². The Morgan fingerprint density at radius 3 is 3.05 bits per heavy atom. The Bertz CT molecular complexity index is 593. The number of nitrogens with zero attached hydrogens (tertiary/aromatic N) is 3. The molecule has 0 amide bonds. The highest BCUT2D eigenvalue weighted by molar-refractivity contribution is 9.10. The van der Waals surface area contributed by atoms with Crippen LogP contribution in [0, 0.1) is 0 Å². The van der Waals surface area contributed by atoms with Gasteiger partial charge in [0.2, 0.25) is 0 Å². The van der Waals surface area contributed by atoms with E-state index in [1.807, 2.05) is 0 Å². The number of hydrogen-bond donors (Lipinski definition) is 2. The molecule has 0 fully saturated rings. The minimum absolute atomic E-state index is 0.0959. The van der Waals surface area contributed by atoms with Crippen molar-refractivity contribution in [2.45, 2.75) is 32.7 Å². The van der Waals surface area contributed by atoms with Crippen LogP contribution in [0.3, 0.4) is 0 Å². The monoisotopic (exact) mass is 339 g/mol. The molecule has 2 rings (SSSR count).